The van der Waals surface area contributed by atoms with E-state index in [0.717, 1.165) is 31.3 Å². The van der Waals surface area contributed by atoms with E-state index in [0.29, 0.717) is 6.42 Å². The van der Waals surface area contributed by atoms with E-state index in [9.17, 15) is 5.11 Å². The summed E-state index contributed by atoms with van der Waals surface area (Å²) < 4.78 is 0. The van der Waals surface area contributed by atoms with Gasteiger partial charge in [-0.3, -0.25) is 0 Å². The Bertz CT molecular complexity index is 421. The summed E-state index contributed by atoms with van der Waals surface area (Å²) in [6, 6.07) is 0. The standard InChI is InChI=1S/C20H34O2/c1-16(2)12-13-20(22)19(5)11-7-10-17(3)8-6-9-18(4)14-15-21/h8,11-12,14,20-22H,6-7,9-10,13,15H2,1-5H3/b17-8+,18-14+,19-11+/t20-/m1/s1. The molecule has 0 unspecified atom stereocenters. The van der Waals surface area contributed by atoms with Crippen molar-refractivity contribution >= 4 is 0 Å². The number of allylic oxidation sites excluding steroid dienone is 5. The molecule has 0 aromatic rings. The Kier molecular flexibility index (Phi) is 11.8. The molecule has 0 aliphatic carbocycles. The van der Waals surface area contributed by atoms with Gasteiger partial charge >= 0.3 is 0 Å². The van der Waals surface area contributed by atoms with Gasteiger partial charge in [0.05, 0.1) is 12.7 Å². The van der Waals surface area contributed by atoms with Crippen LogP contribution in [0.15, 0.2) is 46.6 Å². The van der Waals surface area contributed by atoms with Gasteiger partial charge in [-0.05, 0) is 72.3 Å². The van der Waals surface area contributed by atoms with Gasteiger partial charge in [-0.2, -0.15) is 0 Å². The molecule has 0 spiro atoms. The van der Waals surface area contributed by atoms with Crippen LogP contribution in [0.1, 0.15) is 66.7 Å². The molecule has 2 heteroatoms. The Morgan fingerprint density at radius 2 is 1.36 bits per heavy atom. The summed E-state index contributed by atoms with van der Waals surface area (Å²) in [5, 5.41) is 18.8. The summed E-state index contributed by atoms with van der Waals surface area (Å²) in [5.74, 6) is 0. The summed E-state index contributed by atoms with van der Waals surface area (Å²) >= 11 is 0. The van der Waals surface area contributed by atoms with Crippen molar-refractivity contribution < 1.29 is 10.2 Å². The third kappa shape index (κ3) is 11.5. The Morgan fingerprint density at radius 1 is 0.818 bits per heavy atom. The van der Waals surface area contributed by atoms with Gasteiger partial charge in [-0.1, -0.05) is 41.0 Å². The molecule has 0 radical (unpaired) electrons. The smallest absolute Gasteiger partial charge is 0.0781 e. The van der Waals surface area contributed by atoms with E-state index in [1.165, 1.54) is 16.7 Å². The van der Waals surface area contributed by atoms with Gasteiger partial charge in [-0.15, -0.1) is 0 Å². The molecule has 0 aromatic carbocycles. The Morgan fingerprint density at radius 3 is 1.91 bits per heavy atom. The molecular weight excluding hydrogens is 272 g/mol. The van der Waals surface area contributed by atoms with E-state index in [1.54, 1.807) is 0 Å². The van der Waals surface area contributed by atoms with Gasteiger partial charge in [-0.25, -0.2) is 0 Å². The Hall–Kier alpha value is -1.12. The maximum Gasteiger partial charge on any atom is 0.0781 e. The number of rotatable bonds is 10. The molecule has 2 N–H and O–H groups in total. The highest BCUT2D eigenvalue weighted by molar-refractivity contribution is 5.10. The molecule has 2 nitrogen and oxygen atoms in total. The highest BCUT2D eigenvalue weighted by Gasteiger charge is 2.03. The van der Waals surface area contributed by atoms with E-state index in [4.69, 9.17) is 5.11 Å². The topological polar surface area (TPSA) is 40.5 Å². The van der Waals surface area contributed by atoms with Crippen molar-refractivity contribution in [1.82, 2.24) is 0 Å². The lowest BCUT2D eigenvalue weighted by molar-refractivity contribution is 0.213. The van der Waals surface area contributed by atoms with Crippen LogP contribution in [0, 0.1) is 0 Å². The van der Waals surface area contributed by atoms with Crippen molar-refractivity contribution in [2.45, 2.75) is 72.8 Å². The molecule has 0 aliphatic rings. The SMILES string of the molecule is CC(C)=CC[C@@H](O)/C(C)=C/CC/C(C)=C/CC/C(C)=C/CO. The van der Waals surface area contributed by atoms with Crippen molar-refractivity contribution in [1.29, 1.82) is 0 Å². The summed E-state index contributed by atoms with van der Waals surface area (Å²) in [5.41, 5.74) is 4.94. The fraction of sp³-hybridized carbons (Fsp3) is 0.600. The molecule has 22 heavy (non-hydrogen) atoms. The highest BCUT2D eigenvalue weighted by atomic mass is 16.3. The van der Waals surface area contributed by atoms with E-state index in [1.807, 2.05) is 13.0 Å². The first-order valence-corrected chi connectivity index (χ1v) is 8.27. The largest absolute Gasteiger partial charge is 0.392 e. The van der Waals surface area contributed by atoms with Crippen molar-refractivity contribution in [2.75, 3.05) is 6.61 Å². The van der Waals surface area contributed by atoms with E-state index in [2.05, 4.69) is 45.9 Å². The van der Waals surface area contributed by atoms with Crippen molar-refractivity contribution in [3.05, 3.63) is 46.6 Å². The first kappa shape index (κ1) is 20.9. The molecule has 0 heterocycles. The molecule has 0 bridgehead atoms. The van der Waals surface area contributed by atoms with Crippen LogP contribution < -0.4 is 0 Å². The molecule has 0 fully saturated rings. The zero-order chi connectivity index (χ0) is 17.0. The average Bonchev–Trinajstić information content (AvgIpc) is 2.44. The number of hydrogen-bond donors (Lipinski definition) is 2. The van der Waals surface area contributed by atoms with Crippen LogP contribution in [0.4, 0.5) is 0 Å². The minimum atomic E-state index is -0.356. The monoisotopic (exact) mass is 306 g/mol. The predicted octanol–water partition coefficient (Wildman–Crippen LogP) is 5.10. The quantitative estimate of drug-likeness (QED) is 0.552. The second-order valence-electron chi connectivity index (χ2n) is 6.34. The van der Waals surface area contributed by atoms with Crippen molar-refractivity contribution in [3.8, 4) is 0 Å². The fourth-order valence-electron chi connectivity index (χ4n) is 2.10. The first-order valence-electron chi connectivity index (χ1n) is 8.27. The molecule has 0 aliphatic heterocycles. The minimum Gasteiger partial charge on any atom is -0.392 e. The van der Waals surface area contributed by atoms with Crippen LogP contribution in [-0.4, -0.2) is 22.9 Å². The third-order valence-electron chi connectivity index (χ3n) is 3.75. The van der Waals surface area contributed by atoms with E-state index < -0.39 is 0 Å². The van der Waals surface area contributed by atoms with Crippen LogP contribution in [-0.2, 0) is 0 Å². The van der Waals surface area contributed by atoms with Gasteiger partial charge in [0.2, 0.25) is 0 Å². The first-order chi connectivity index (χ1) is 10.4. The second-order valence-corrected chi connectivity index (χ2v) is 6.34. The van der Waals surface area contributed by atoms with Gasteiger partial charge in [0, 0.05) is 0 Å². The fourth-order valence-corrected chi connectivity index (χ4v) is 2.10. The van der Waals surface area contributed by atoms with Crippen LogP contribution in [0.3, 0.4) is 0 Å². The number of hydrogen-bond acceptors (Lipinski definition) is 2. The van der Waals surface area contributed by atoms with Gasteiger partial charge in [0.15, 0.2) is 0 Å². The lowest BCUT2D eigenvalue weighted by Crippen LogP contribution is -2.06. The minimum absolute atomic E-state index is 0.133. The molecule has 0 amide bonds. The average molecular weight is 306 g/mol. The van der Waals surface area contributed by atoms with Crippen molar-refractivity contribution in [3.63, 3.8) is 0 Å². The van der Waals surface area contributed by atoms with Crippen LogP contribution >= 0.6 is 0 Å². The summed E-state index contributed by atoms with van der Waals surface area (Å²) in [4.78, 5) is 0. The molecule has 0 saturated heterocycles. The lowest BCUT2D eigenvalue weighted by Gasteiger charge is -2.09. The third-order valence-corrected chi connectivity index (χ3v) is 3.75. The zero-order valence-electron chi connectivity index (χ0n) is 15.0. The molecule has 0 aromatic heterocycles. The molecule has 0 saturated carbocycles. The molecule has 0 rings (SSSR count). The Balaban J connectivity index is 4.13. The molecule has 126 valence electrons. The zero-order valence-corrected chi connectivity index (χ0v) is 15.0. The second kappa shape index (κ2) is 12.4. The predicted molar refractivity (Wildman–Crippen MR) is 96.9 cm³/mol. The van der Waals surface area contributed by atoms with Gasteiger partial charge in [0.25, 0.3) is 0 Å². The summed E-state index contributed by atoms with van der Waals surface area (Å²) in [6.45, 7) is 10.5. The highest BCUT2D eigenvalue weighted by Crippen LogP contribution is 2.13. The van der Waals surface area contributed by atoms with Crippen molar-refractivity contribution in [2.24, 2.45) is 0 Å². The number of aliphatic hydroxyl groups is 2. The Labute approximate surface area is 137 Å². The van der Waals surface area contributed by atoms with Crippen LogP contribution in [0.25, 0.3) is 0 Å². The maximum atomic E-state index is 10.0. The lowest BCUT2D eigenvalue weighted by atomic mass is 10.0. The summed E-state index contributed by atoms with van der Waals surface area (Å²) in [7, 11) is 0. The van der Waals surface area contributed by atoms with E-state index in [-0.39, 0.29) is 12.7 Å². The van der Waals surface area contributed by atoms with Gasteiger partial charge in [0.1, 0.15) is 0 Å². The van der Waals surface area contributed by atoms with Crippen LogP contribution in [0.5, 0.6) is 0 Å². The summed E-state index contributed by atoms with van der Waals surface area (Å²) in [6.07, 6.45) is 12.8. The maximum absolute atomic E-state index is 10.0. The molecule has 1 atom stereocenters. The molecular formula is C20H34O2. The van der Waals surface area contributed by atoms with E-state index >= 15 is 0 Å². The van der Waals surface area contributed by atoms with Crippen LogP contribution in [0.2, 0.25) is 0 Å². The normalized spacial score (nSPS) is 15.0. The van der Waals surface area contributed by atoms with Gasteiger partial charge < -0.3 is 10.2 Å². The number of aliphatic hydroxyl groups excluding tert-OH is 2.